The second kappa shape index (κ2) is 9.02. The fourth-order valence-corrected chi connectivity index (χ4v) is 3.64. The number of hydrogen-bond donors (Lipinski definition) is 3. The molecule has 1 aliphatic rings. The number of hydrogen-bond acceptors (Lipinski definition) is 4. The summed E-state index contributed by atoms with van der Waals surface area (Å²) in [5.74, 6) is 0.548. The molecule has 1 aromatic heterocycles. The predicted octanol–water partition coefficient (Wildman–Crippen LogP) is 1.10. The van der Waals surface area contributed by atoms with E-state index in [1.54, 1.807) is 18.4 Å². The second-order valence-corrected chi connectivity index (χ2v) is 8.34. The summed E-state index contributed by atoms with van der Waals surface area (Å²) in [5.41, 5.74) is 1.00. The van der Waals surface area contributed by atoms with Gasteiger partial charge in [0.2, 0.25) is 11.8 Å². The average molecular weight is 380 g/mol. The number of carbonyl (C=O) groups excluding carboxylic acids is 2. The van der Waals surface area contributed by atoms with E-state index in [2.05, 4.69) is 32.4 Å². The molecule has 0 radical (unpaired) electrons. The summed E-state index contributed by atoms with van der Waals surface area (Å²) in [5, 5.41) is 11.0. The highest BCUT2D eigenvalue weighted by atomic mass is 32.1. The molecule has 0 fully saturated rings. The van der Waals surface area contributed by atoms with Crippen LogP contribution in [0.4, 0.5) is 0 Å². The first-order valence-corrected chi connectivity index (χ1v) is 9.75. The van der Waals surface area contributed by atoms with Crippen molar-refractivity contribution in [2.24, 2.45) is 4.99 Å². The minimum absolute atomic E-state index is 0.101. The number of amides is 2. The summed E-state index contributed by atoms with van der Waals surface area (Å²) in [6, 6.07) is 2.10. The predicted molar refractivity (Wildman–Crippen MR) is 105 cm³/mol. The van der Waals surface area contributed by atoms with Crippen molar-refractivity contribution < 1.29 is 9.59 Å². The van der Waals surface area contributed by atoms with E-state index in [0.717, 1.165) is 13.0 Å². The third kappa shape index (κ3) is 6.33. The van der Waals surface area contributed by atoms with Gasteiger partial charge in [0.1, 0.15) is 0 Å². The Labute approximate surface area is 159 Å². The van der Waals surface area contributed by atoms with Gasteiger partial charge in [0.15, 0.2) is 5.96 Å². The molecule has 0 unspecified atom stereocenters. The van der Waals surface area contributed by atoms with Crippen molar-refractivity contribution in [3.05, 3.63) is 21.9 Å². The molecule has 2 amide bonds. The molecule has 26 heavy (non-hydrogen) atoms. The lowest BCUT2D eigenvalue weighted by atomic mass is 10.1. The SMILES string of the molecule is CN=C(NCCC(=O)N1CCc2sccc2C1)NCC(=O)NC(C)(C)C. The zero-order chi connectivity index (χ0) is 19.2. The van der Waals surface area contributed by atoms with Crippen LogP contribution in [-0.4, -0.2) is 54.9 Å². The molecule has 7 nitrogen and oxygen atoms in total. The Bertz CT molecular complexity index is 663. The fourth-order valence-electron chi connectivity index (χ4n) is 2.75. The lowest BCUT2D eigenvalue weighted by molar-refractivity contribution is -0.132. The number of nitrogens with one attached hydrogen (secondary N) is 3. The number of carbonyl (C=O) groups is 2. The first-order chi connectivity index (χ1) is 12.3. The molecule has 0 bridgehead atoms. The van der Waals surface area contributed by atoms with E-state index in [9.17, 15) is 9.59 Å². The Hall–Kier alpha value is -2.09. The molecule has 0 saturated carbocycles. The Morgan fingerprint density at radius 1 is 1.31 bits per heavy atom. The van der Waals surface area contributed by atoms with E-state index in [-0.39, 0.29) is 23.9 Å². The highest BCUT2D eigenvalue weighted by Crippen LogP contribution is 2.24. The quantitative estimate of drug-likeness (QED) is 0.528. The lowest BCUT2D eigenvalue weighted by Gasteiger charge is -2.27. The minimum atomic E-state index is -0.265. The maximum absolute atomic E-state index is 12.4. The first-order valence-electron chi connectivity index (χ1n) is 8.87. The topological polar surface area (TPSA) is 85.8 Å². The van der Waals surface area contributed by atoms with Gasteiger partial charge in [-0.25, -0.2) is 0 Å². The highest BCUT2D eigenvalue weighted by molar-refractivity contribution is 7.10. The number of guanidine groups is 1. The van der Waals surface area contributed by atoms with Gasteiger partial charge >= 0.3 is 0 Å². The van der Waals surface area contributed by atoms with Crippen molar-refractivity contribution in [2.45, 2.75) is 45.7 Å². The molecule has 0 aromatic carbocycles. The third-order valence-corrected chi connectivity index (χ3v) is 4.97. The van der Waals surface area contributed by atoms with Gasteiger partial charge < -0.3 is 20.9 Å². The lowest BCUT2D eigenvalue weighted by Crippen LogP contribution is -2.48. The van der Waals surface area contributed by atoms with E-state index >= 15 is 0 Å². The summed E-state index contributed by atoms with van der Waals surface area (Å²) in [6.45, 7) is 7.91. The molecule has 144 valence electrons. The molecule has 0 aliphatic carbocycles. The molecule has 0 saturated heterocycles. The number of nitrogens with zero attached hydrogens (tertiary/aromatic N) is 2. The van der Waals surface area contributed by atoms with Crippen molar-refractivity contribution in [1.82, 2.24) is 20.9 Å². The van der Waals surface area contributed by atoms with Gasteiger partial charge in [-0.1, -0.05) is 0 Å². The van der Waals surface area contributed by atoms with E-state index in [4.69, 9.17) is 0 Å². The van der Waals surface area contributed by atoms with Crippen LogP contribution < -0.4 is 16.0 Å². The summed E-state index contributed by atoms with van der Waals surface area (Å²) < 4.78 is 0. The van der Waals surface area contributed by atoms with Crippen LogP contribution in [0.2, 0.25) is 0 Å². The van der Waals surface area contributed by atoms with E-state index in [1.807, 2.05) is 25.7 Å². The third-order valence-electron chi connectivity index (χ3n) is 3.95. The van der Waals surface area contributed by atoms with Gasteiger partial charge in [0.25, 0.3) is 0 Å². The van der Waals surface area contributed by atoms with E-state index in [0.29, 0.717) is 25.5 Å². The van der Waals surface area contributed by atoms with Crippen LogP contribution in [0.3, 0.4) is 0 Å². The Morgan fingerprint density at radius 3 is 2.77 bits per heavy atom. The molecule has 0 spiro atoms. The Kier molecular flexibility index (Phi) is 7.02. The molecule has 8 heteroatoms. The smallest absolute Gasteiger partial charge is 0.239 e. The molecular formula is C18H29N5O2S. The van der Waals surface area contributed by atoms with Gasteiger partial charge in [-0.05, 0) is 44.2 Å². The number of rotatable bonds is 5. The molecule has 1 aromatic rings. The summed E-state index contributed by atoms with van der Waals surface area (Å²) in [4.78, 5) is 31.6. The summed E-state index contributed by atoms with van der Waals surface area (Å²) in [7, 11) is 1.64. The molecule has 1 aliphatic heterocycles. The maximum atomic E-state index is 12.4. The molecule has 2 heterocycles. The standard InChI is InChI=1S/C18H29N5O2S/c1-18(2,3)22-15(24)11-21-17(19-4)20-8-5-16(25)23-9-6-14-13(12-23)7-10-26-14/h7,10H,5-6,8-9,11-12H2,1-4H3,(H,22,24)(H2,19,20,21). The van der Waals surface area contributed by atoms with Crippen LogP contribution in [0.1, 0.15) is 37.6 Å². The van der Waals surface area contributed by atoms with Crippen molar-refractivity contribution in [3.63, 3.8) is 0 Å². The van der Waals surface area contributed by atoms with Crippen LogP contribution in [0, 0.1) is 0 Å². The van der Waals surface area contributed by atoms with Gasteiger partial charge in [0.05, 0.1) is 6.54 Å². The van der Waals surface area contributed by atoms with Crippen molar-refractivity contribution in [2.75, 3.05) is 26.7 Å². The zero-order valence-corrected chi connectivity index (χ0v) is 16.8. The Morgan fingerprint density at radius 2 is 2.08 bits per heavy atom. The first kappa shape index (κ1) is 20.2. The molecular weight excluding hydrogens is 350 g/mol. The van der Waals surface area contributed by atoms with Gasteiger partial charge in [-0.2, -0.15) is 0 Å². The van der Waals surface area contributed by atoms with Crippen LogP contribution in [0.15, 0.2) is 16.4 Å². The van der Waals surface area contributed by atoms with Crippen LogP contribution in [0.25, 0.3) is 0 Å². The van der Waals surface area contributed by atoms with Crippen molar-refractivity contribution in [1.29, 1.82) is 0 Å². The molecule has 2 rings (SSSR count). The van der Waals surface area contributed by atoms with E-state index < -0.39 is 0 Å². The van der Waals surface area contributed by atoms with Crippen LogP contribution in [-0.2, 0) is 22.6 Å². The van der Waals surface area contributed by atoms with Crippen molar-refractivity contribution >= 4 is 29.1 Å². The normalized spacial score (nSPS) is 14.6. The van der Waals surface area contributed by atoms with Gasteiger partial charge in [-0.15, -0.1) is 11.3 Å². The summed E-state index contributed by atoms with van der Waals surface area (Å²) in [6.07, 6.45) is 1.34. The van der Waals surface area contributed by atoms with E-state index in [1.165, 1.54) is 10.4 Å². The monoisotopic (exact) mass is 379 g/mol. The fraction of sp³-hybridized carbons (Fsp3) is 0.611. The number of thiophene rings is 1. The number of fused-ring (bicyclic) bond motifs is 1. The highest BCUT2D eigenvalue weighted by Gasteiger charge is 2.21. The van der Waals surface area contributed by atoms with Crippen LogP contribution in [0.5, 0.6) is 0 Å². The summed E-state index contributed by atoms with van der Waals surface area (Å²) >= 11 is 1.77. The minimum Gasteiger partial charge on any atom is -0.356 e. The Balaban J connectivity index is 1.69. The average Bonchev–Trinajstić information content (AvgIpc) is 3.03. The maximum Gasteiger partial charge on any atom is 0.239 e. The zero-order valence-electron chi connectivity index (χ0n) is 16.0. The molecule has 0 atom stereocenters. The van der Waals surface area contributed by atoms with Crippen LogP contribution >= 0.6 is 11.3 Å². The second-order valence-electron chi connectivity index (χ2n) is 7.34. The molecule has 3 N–H and O–H groups in total. The largest absolute Gasteiger partial charge is 0.356 e. The van der Waals surface area contributed by atoms with Gasteiger partial charge in [0, 0.05) is 43.5 Å². The van der Waals surface area contributed by atoms with Gasteiger partial charge in [-0.3, -0.25) is 14.6 Å². The number of aliphatic imine (C=N–C) groups is 1. The van der Waals surface area contributed by atoms with Crippen molar-refractivity contribution in [3.8, 4) is 0 Å².